The van der Waals surface area contributed by atoms with Crippen molar-refractivity contribution in [3.63, 3.8) is 0 Å². The molecule has 0 fully saturated rings. The van der Waals surface area contributed by atoms with Crippen molar-refractivity contribution in [1.29, 1.82) is 0 Å². The highest BCUT2D eigenvalue weighted by molar-refractivity contribution is 7.80. The first kappa shape index (κ1) is 23.9. The first-order valence-electron chi connectivity index (χ1n) is 12.1. The molecule has 194 valence electrons. The molecule has 0 bridgehead atoms. The third kappa shape index (κ3) is 4.78. The Bertz CT molecular complexity index is 1590. The molecular formula is C28H25N3O6S. The minimum absolute atomic E-state index is 0.196. The zero-order valence-corrected chi connectivity index (χ0v) is 21.4. The van der Waals surface area contributed by atoms with Gasteiger partial charge in [0.2, 0.25) is 6.79 Å². The molecule has 0 saturated carbocycles. The number of fused-ring (bicyclic) bond motifs is 3. The van der Waals surface area contributed by atoms with E-state index >= 15 is 0 Å². The van der Waals surface area contributed by atoms with Crippen LogP contribution in [0, 0.1) is 0 Å². The molecule has 1 aromatic heterocycles. The minimum atomic E-state index is -0.204. The second-order valence-corrected chi connectivity index (χ2v) is 9.27. The summed E-state index contributed by atoms with van der Waals surface area (Å²) in [5.41, 5.74) is 2.71. The molecule has 2 N–H and O–H groups in total. The van der Waals surface area contributed by atoms with Crippen molar-refractivity contribution in [2.75, 3.05) is 32.4 Å². The van der Waals surface area contributed by atoms with Gasteiger partial charge in [0.25, 0.3) is 5.56 Å². The highest BCUT2D eigenvalue weighted by atomic mass is 32.1. The van der Waals surface area contributed by atoms with Crippen molar-refractivity contribution in [2.45, 2.75) is 13.1 Å². The van der Waals surface area contributed by atoms with E-state index in [1.165, 1.54) is 0 Å². The number of hydrogen-bond acceptors (Lipinski definition) is 7. The monoisotopic (exact) mass is 531 g/mol. The number of aromatic amines is 1. The highest BCUT2D eigenvalue weighted by Gasteiger charge is 2.20. The lowest BCUT2D eigenvalue weighted by Crippen LogP contribution is -2.35. The number of para-hydroxylation sites is 2. The maximum atomic E-state index is 13.1. The van der Waals surface area contributed by atoms with Crippen molar-refractivity contribution in [1.82, 2.24) is 9.88 Å². The molecule has 9 nitrogen and oxygen atoms in total. The zero-order chi connectivity index (χ0) is 26.1. The number of anilines is 1. The molecule has 0 saturated heterocycles. The Morgan fingerprint density at radius 2 is 1.71 bits per heavy atom. The zero-order valence-electron chi connectivity index (χ0n) is 20.6. The van der Waals surface area contributed by atoms with Crippen LogP contribution in [0.2, 0.25) is 0 Å². The van der Waals surface area contributed by atoms with E-state index in [0.29, 0.717) is 64.7 Å². The van der Waals surface area contributed by atoms with E-state index < -0.39 is 0 Å². The van der Waals surface area contributed by atoms with Crippen molar-refractivity contribution in [2.24, 2.45) is 0 Å². The molecule has 38 heavy (non-hydrogen) atoms. The van der Waals surface area contributed by atoms with E-state index in [2.05, 4.69) is 10.3 Å². The van der Waals surface area contributed by atoms with Gasteiger partial charge in [0.15, 0.2) is 28.1 Å². The Morgan fingerprint density at radius 1 is 0.947 bits per heavy atom. The van der Waals surface area contributed by atoms with Gasteiger partial charge in [-0.1, -0.05) is 18.2 Å². The van der Waals surface area contributed by atoms with Crippen LogP contribution in [-0.2, 0) is 13.1 Å². The Hall–Kier alpha value is -4.44. The van der Waals surface area contributed by atoms with Crippen molar-refractivity contribution >= 4 is 33.9 Å². The Labute approximate surface area is 223 Å². The van der Waals surface area contributed by atoms with E-state index in [1.807, 2.05) is 59.5 Å². The molecule has 0 unspecified atom stereocenters. The SMILES string of the molecule is COc1ccccc1NC(=S)N(Cc1ccc2c(c1)OCO2)Cc1cc2cc3c(cc2[nH]c1=O)OCCO3. The first-order chi connectivity index (χ1) is 18.6. The van der Waals surface area contributed by atoms with Crippen LogP contribution in [0.15, 0.2) is 65.5 Å². The number of benzene rings is 3. The molecule has 3 aromatic carbocycles. The van der Waals surface area contributed by atoms with E-state index in [-0.39, 0.29) is 18.9 Å². The number of nitrogens with zero attached hydrogens (tertiary/aromatic N) is 1. The molecule has 4 aromatic rings. The quantitative estimate of drug-likeness (QED) is 0.350. The van der Waals surface area contributed by atoms with Crippen molar-refractivity contribution in [3.8, 4) is 28.7 Å². The summed E-state index contributed by atoms with van der Waals surface area (Å²) in [6, 6.07) is 18.8. The average molecular weight is 532 g/mol. The van der Waals surface area contributed by atoms with Crippen molar-refractivity contribution in [3.05, 3.63) is 82.1 Å². The second kappa shape index (κ2) is 10.1. The fraction of sp³-hybridized carbons (Fsp3) is 0.214. The summed E-state index contributed by atoms with van der Waals surface area (Å²) < 4.78 is 27.9. The van der Waals surface area contributed by atoms with Crippen LogP contribution >= 0.6 is 12.2 Å². The van der Waals surface area contributed by atoms with Crippen LogP contribution in [0.25, 0.3) is 10.9 Å². The van der Waals surface area contributed by atoms with Gasteiger partial charge in [-0.25, -0.2) is 0 Å². The molecule has 0 atom stereocenters. The summed E-state index contributed by atoms with van der Waals surface area (Å²) >= 11 is 5.84. The predicted molar refractivity (Wildman–Crippen MR) is 147 cm³/mol. The van der Waals surface area contributed by atoms with E-state index in [4.69, 9.17) is 35.9 Å². The lowest BCUT2D eigenvalue weighted by molar-refractivity contribution is 0.172. The van der Waals surface area contributed by atoms with Crippen LogP contribution in [-0.4, -0.2) is 42.1 Å². The molecule has 2 aliphatic heterocycles. The number of nitrogens with one attached hydrogen (secondary N) is 2. The highest BCUT2D eigenvalue weighted by Crippen LogP contribution is 2.35. The number of ether oxygens (including phenoxy) is 5. The van der Waals surface area contributed by atoms with Gasteiger partial charge in [-0.2, -0.15) is 0 Å². The summed E-state index contributed by atoms with van der Waals surface area (Å²) in [6.07, 6.45) is 0. The number of methoxy groups -OCH3 is 1. The van der Waals surface area contributed by atoms with Crippen LogP contribution in [0.5, 0.6) is 28.7 Å². The number of thiocarbonyl (C=S) groups is 1. The number of aromatic nitrogens is 1. The van der Waals surface area contributed by atoms with Crippen molar-refractivity contribution < 1.29 is 23.7 Å². The number of hydrogen-bond donors (Lipinski definition) is 2. The van der Waals surface area contributed by atoms with Crippen LogP contribution in [0.1, 0.15) is 11.1 Å². The second-order valence-electron chi connectivity index (χ2n) is 8.88. The van der Waals surface area contributed by atoms with Gasteiger partial charge in [-0.15, -0.1) is 0 Å². The smallest absolute Gasteiger partial charge is 0.253 e. The topological polar surface area (TPSA) is 94.3 Å². The summed E-state index contributed by atoms with van der Waals surface area (Å²) in [5, 5.41) is 4.56. The van der Waals surface area contributed by atoms with E-state index in [9.17, 15) is 4.79 Å². The van der Waals surface area contributed by atoms with Gasteiger partial charge >= 0.3 is 0 Å². The minimum Gasteiger partial charge on any atom is -0.495 e. The molecule has 0 radical (unpaired) electrons. The Balaban J connectivity index is 1.33. The Morgan fingerprint density at radius 3 is 2.55 bits per heavy atom. The summed E-state index contributed by atoms with van der Waals surface area (Å²) in [5.74, 6) is 3.33. The largest absolute Gasteiger partial charge is 0.495 e. The molecule has 3 heterocycles. The maximum Gasteiger partial charge on any atom is 0.253 e. The third-order valence-electron chi connectivity index (χ3n) is 6.39. The van der Waals surface area contributed by atoms with Crippen LogP contribution in [0.4, 0.5) is 5.69 Å². The van der Waals surface area contributed by atoms with Gasteiger partial charge in [0.1, 0.15) is 19.0 Å². The summed E-state index contributed by atoms with van der Waals surface area (Å²) in [4.78, 5) is 18.1. The van der Waals surface area contributed by atoms with Crippen LogP contribution < -0.4 is 34.6 Å². The maximum absolute atomic E-state index is 13.1. The molecular weight excluding hydrogens is 506 g/mol. The predicted octanol–water partition coefficient (Wildman–Crippen LogP) is 4.44. The van der Waals surface area contributed by atoms with E-state index in [1.54, 1.807) is 13.2 Å². The van der Waals surface area contributed by atoms with Gasteiger partial charge < -0.3 is 38.9 Å². The lowest BCUT2D eigenvalue weighted by atomic mass is 10.1. The fourth-order valence-electron chi connectivity index (χ4n) is 4.51. The number of rotatable bonds is 6. The lowest BCUT2D eigenvalue weighted by Gasteiger charge is -2.27. The molecule has 0 aliphatic carbocycles. The van der Waals surface area contributed by atoms with Crippen LogP contribution in [0.3, 0.4) is 0 Å². The normalized spacial score (nSPS) is 13.3. The first-order valence-corrected chi connectivity index (χ1v) is 12.5. The summed E-state index contributed by atoms with van der Waals surface area (Å²) in [7, 11) is 1.61. The Kier molecular flexibility index (Phi) is 6.38. The molecule has 0 amide bonds. The number of H-pyrrole nitrogens is 1. The summed E-state index contributed by atoms with van der Waals surface area (Å²) in [6.45, 7) is 1.85. The molecule has 6 rings (SSSR count). The fourth-order valence-corrected chi connectivity index (χ4v) is 4.75. The van der Waals surface area contributed by atoms with Gasteiger partial charge in [-0.3, -0.25) is 4.79 Å². The molecule has 2 aliphatic rings. The average Bonchev–Trinajstić information content (AvgIpc) is 3.40. The third-order valence-corrected chi connectivity index (χ3v) is 6.75. The molecule has 10 heteroatoms. The number of pyridine rings is 1. The van der Waals surface area contributed by atoms with E-state index in [0.717, 1.165) is 16.6 Å². The van der Waals surface area contributed by atoms with Gasteiger partial charge in [0.05, 0.1) is 24.9 Å². The van der Waals surface area contributed by atoms with Gasteiger partial charge in [-0.05, 0) is 54.2 Å². The van der Waals surface area contributed by atoms with Gasteiger partial charge in [0, 0.05) is 23.6 Å². The standard InChI is InChI=1S/C28H25N3O6S/c1-33-22-5-3-2-4-20(22)30-28(38)31(14-17-6-7-23-24(10-17)37-16-36-23)15-19-11-18-12-25-26(35-9-8-34-25)13-21(18)29-27(19)32/h2-7,10-13H,8-9,14-16H2,1H3,(H,29,32)(H,30,38). The molecule has 0 spiro atoms.